The van der Waals surface area contributed by atoms with E-state index in [2.05, 4.69) is 9.97 Å². The molecule has 1 N–H and O–H groups in total. The van der Waals surface area contributed by atoms with Gasteiger partial charge in [-0.15, -0.1) is 0 Å². The second-order valence-electron chi connectivity index (χ2n) is 9.00. The van der Waals surface area contributed by atoms with Crippen molar-refractivity contribution in [3.63, 3.8) is 0 Å². The lowest BCUT2D eigenvalue weighted by molar-refractivity contribution is -0.137. The van der Waals surface area contributed by atoms with Crippen LogP contribution >= 0.6 is 11.6 Å². The molecular weight excluding hydrogens is 511 g/mol. The lowest BCUT2D eigenvalue weighted by atomic mass is 10.0. The molecule has 0 unspecified atom stereocenters. The van der Waals surface area contributed by atoms with E-state index < -0.39 is 11.8 Å². The van der Waals surface area contributed by atoms with Crippen LogP contribution in [-0.2, 0) is 22.4 Å². The number of carbonyl (C=O) groups excluding carboxylic acids is 1. The lowest BCUT2D eigenvalue weighted by Gasteiger charge is -2.13. The highest BCUT2D eigenvalue weighted by Gasteiger charge is 2.14. The second kappa shape index (κ2) is 12.0. The van der Waals surface area contributed by atoms with E-state index in [4.69, 9.17) is 26.2 Å². The minimum Gasteiger partial charge on any atom is -0.493 e. The Hall–Kier alpha value is -4.04. The second-order valence-corrected chi connectivity index (χ2v) is 9.41. The highest BCUT2D eigenvalue weighted by molar-refractivity contribution is 6.31. The number of carboxylic acid groups (broad SMARTS) is 1. The predicted molar refractivity (Wildman–Crippen MR) is 142 cm³/mol. The van der Waals surface area contributed by atoms with Crippen LogP contribution in [0.25, 0.3) is 10.9 Å². The summed E-state index contributed by atoms with van der Waals surface area (Å²) in [6, 6.07) is 13.3. The Balaban J connectivity index is 1.46. The molecule has 0 amide bonds. The number of fused-ring (bicyclic) bond motifs is 1. The standard InChI is InChI=1S/C29H26ClFN2O5/c1-17-5-8-25(31)20(10-17)13-21(34)12-19-6-7-22(14-24(19)30)38-29-23-11-18(2)27(15-26(23)32-16-33-29)37-9-3-4-28(35)36/h5-8,10-11,14-16H,3-4,9,12-13H2,1-2H3,(H,35,36). The SMILES string of the molecule is Cc1ccc(F)c(CC(=O)Cc2ccc(Oc3ncnc4cc(OCCCC(=O)O)c(C)cc34)cc2Cl)c1. The quantitative estimate of drug-likeness (QED) is 0.220. The van der Waals surface area contributed by atoms with E-state index in [1.54, 1.807) is 36.4 Å². The number of rotatable bonds is 11. The largest absolute Gasteiger partial charge is 0.493 e. The third kappa shape index (κ3) is 6.83. The van der Waals surface area contributed by atoms with Gasteiger partial charge in [-0.2, -0.15) is 0 Å². The van der Waals surface area contributed by atoms with Gasteiger partial charge < -0.3 is 14.6 Å². The summed E-state index contributed by atoms with van der Waals surface area (Å²) in [6.07, 6.45) is 1.86. The van der Waals surface area contributed by atoms with E-state index in [1.165, 1.54) is 12.4 Å². The third-order valence-electron chi connectivity index (χ3n) is 5.90. The van der Waals surface area contributed by atoms with Crippen LogP contribution < -0.4 is 9.47 Å². The molecule has 0 aliphatic rings. The van der Waals surface area contributed by atoms with Gasteiger partial charge in [0.05, 0.1) is 17.5 Å². The molecule has 0 fully saturated rings. The molecule has 0 aliphatic heterocycles. The number of aliphatic carboxylic acids is 1. The molecule has 0 saturated carbocycles. The van der Waals surface area contributed by atoms with Crippen molar-refractivity contribution in [2.75, 3.05) is 6.61 Å². The summed E-state index contributed by atoms with van der Waals surface area (Å²) in [6.45, 7) is 4.00. The molecule has 38 heavy (non-hydrogen) atoms. The molecule has 0 atom stereocenters. The number of aromatic nitrogens is 2. The average Bonchev–Trinajstić information content (AvgIpc) is 2.86. The number of benzene rings is 3. The number of nitrogens with zero attached hydrogens (tertiary/aromatic N) is 2. The Morgan fingerprint density at radius 1 is 1.00 bits per heavy atom. The molecular formula is C29H26ClFN2O5. The molecule has 0 saturated heterocycles. The number of aryl methyl sites for hydroxylation is 2. The van der Waals surface area contributed by atoms with Crippen LogP contribution in [0.1, 0.15) is 35.1 Å². The monoisotopic (exact) mass is 536 g/mol. The number of carboxylic acids is 1. The van der Waals surface area contributed by atoms with Crippen molar-refractivity contribution in [1.82, 2.24) is 9.97 Å². The van der Waals surface area contributed by atoms with Gasteiger partial charge in [-0.1, -0.05) is 35.4 Å². The van der Waals surface area contributed by atoms with E-state index in [9.17, 15) is 14.0 Å². The molecule has 4 rings (SSSR count). The van der Waals surface area contributed by atoms with Crippen LogP contribution in [0.5, 0.6) is 17.4 Å². The van der Waals surface area contributed by atoms with Gasteiger partial charge in [0.2, 0.25) is 5.88 Å². The van der Waals surface area contributed by atoms with E-state index >= 15 is 0 Å². The summed E-state index contributed by atoms with van der Waals surface area (Å²) >= 11 is 6.45. The fourth-order valence-corrected chi connectivity index (χ4v) is 4.22. The zero-order valence-electron chi connectivity index (χ0n) is 21.0. The molecule has 1 aromatic heterocycles. The van der Waals surface area contributed by atoms with Gasteiger partial charge in [0, 0.05) is 30.4 Å². The molecule has 0 radical (unpaired) electrons. The van der Waals surface area contributed by atoms with Gasteiger partial charge in [-0.25, -0.2) is 14.4 Å². The van der Waals surface area contributed by atoms with Gasteiger partial charge in [-0.3, -0.25) is 9.59 Å². The van der Waals surface area contributed by atoms with Gasteiger partial charge in [-0.05, 0) is 61.2 Å². The maximum atomic E-state index is 14.0. The Labute approximate surface area is 224 Å². The van der Waals surface area contributed by atoms with Gasteiger partial charge in [0.15, 0.2) is 0 Å². The van der Waals surface area contributed by atoms with Crippen molar-refractivity contribution in [3.8, 4) is 17.4 Å². The number of ether oxygens (including phenoxy) is 2. The summed E-state index contributed by atoms with van der Waals surface area (Å²) in [7, 11) is 0. The van der Waals surface area contributed by atoms with Crippen molar-refractivity contribution in [1.29, 1.82) is 0 Å². The number of carbonyl (C=O) groups is 2. The molecule has 9 heteroatoms. The zero-order chi connectivity index (χ0) is 27.2. The number of hydrogen-bond acceptors (Lipinski definition) is 6. The zero-order valence-corrected chi connectivity index (χ0v) is 21.7. The Morgan fingerprint density at radius 2 is 1.79 bits per heavy atom. The molecule has 4 aromatic rings. The van der Waals surface area contributed by atoms with Crippen molar-refractivity contribution in [3.05, 3.63) is 88.0 Å². The highest BCUT2D eigenvalue weighted by atomic mass is 35.5. The van der Waals surface area contributed by atoms with Crippen molar-refractivity contribution in [2.45, 2.75) is 39.5 Å². The van der Waals surface area contributed by atoms with Gasteiger partial charge >= 0.3 is 5.97 Å². The van der Waals surface area contributed by atoms with Crippen molar-refractivity contribution < 1.29 is 28.6 Å². The molecule has 196 valence electrons. The molecule has 7 nitrogen and oxygen atoms in total. The van der Waals surface area contributed by atoms with Gasteiger partial charge in [0.25, 0.3) is 0 Å². The first kappa shape index (κ1) is 27.0. The van der Waals surface area contributed by atoms with Crippen LogP contribution in [0.2, 0.25) is 5.02 Å². The summed E-state index contributed by atoms with van der Waals surface area (Å²) in [5.74, 6) is -0.0508. The lowest BCUT2D eigenvalue weighted by Crippen LogP contribution is -2.08. The molecule has 3 aromatic carbocycles. The number of hydrogen-bond donors (Lipinski definition) is 1. The van der Waals surface area contributed by atoms with E-state index in [1.807, 2.05) is 19.9 Å². The summed E-state index contributed by atoms with van der Waals surface area (Å²) in [5.41, 5.74) is 3.30. The molecule has 0 aliphatic carbocycles. The minimum absolute atomic E-state index is 0.0143. The molecule has 0 spiro atoms. The summed E-state index contributed by atoms with van der Waals surface area (Å²) in [5, 5.41) is 9.80. The maximum Gasteiger partial charge on any atom is 0.303 e. The fraction of sp³-hybridized carbons (Fsp3) is 0.241. The summed E-state index contributed by atoms with van der Waals surface area (Å²) in [4.78, 5) is 31.8. The van der Waals surface area contributed by atoms with Crippen molar-refractivity contribution in [2.24, 2.45) is 0 Å². The first-order valence-electron chi connectivity index (χ1n) is 12.0. The minimum atomic E-state index is -0.865. The van der Waals surface area contributed by atoms with Gasteiger partial charge in [0.1, 0.15) is 29.4 Å². The number of ketones is 1. The van der Waals surface area contributed by atoms with Crippen LogP contribution in [0.3, 0.4) is 0 Å². The number of Topliss-reactive ketones (excluding diaryl/α,β-unsaturated/α-hetero) is 1. The normalized spacial score (nSPS) is 10.9. The number of halogens is 2. The molecule has 0 bridgehead atoms. The summed E-state index contributed by atoms with van der Waals surface area (Å²) < 4.78 is 25.8. The fourth-order valence-electron chi connectivity index (χ4n) is 3.98. The maximum absolute atomic E-state index is 14.0. The Bertz CT molecular complexity index is 1510. The van der Waals surface area contributed by atoms with Crippen LogP contribution in [0.15, 0.2) is 54.9 Å². The van der Waals surface area contributed by atoms with Crippen LogP contribution in [0.4, 0.5) is 4.39 Å². The van der Waals surface area contributed by atoms with Crippen LogP contribution in [-0.4, -0.2) is 33.4 Å². The molecule has 1 heterocycles. The van der Waals surface area contributed by atoms with E-state index in [0.717, 1.165) is 11.1 Å². The highest BCUT2D eigenvalue weighted by Crippen LogP contribution is 2.33. The third-order valence-corrected chi connectivity index (χ3v) is 6.26. The predicted octanol–water partition coefficient (Wildman–Crippen LogP) is 6.43. The van der Waals surface area contributed by atoms with Crippen molar-refractivity contribution >= 4 is 34.3 Å². The first-order valence-corrected chi connectivity index (χ1v) is 12.4. The average molecular weight is 537 g/mol. The van der Waals surface area contributed by atoms with E-state index in [-0.39, 0.29) is 31.7 Å². The smallest absolute Gasteiger partial charge is 0.303 e. The Kier molecular flexibility index (Phi) is 8.53. The Morgan fingerprint density at radius 3 is 2.55 bits per heavy atom. The first-order chi connectivity index (χ1) is 18.2. The van der Waals surface area contributed by atoms with E-state index in [0.29, 0.717) is 50.9 Å². The topological polar surface area (TPSA) is 98.6 Å². The van der Waals surface area contributed by atoms with Crippen LogP contribution in [0, 0.1) is 19.7 Å².